The minimum atomic E-state index is -4.43. The third kappa shape index (κ3) is 8.80. The number of H-pyrrole nitrogens is 1. The van der Waals surface area contributed by atoms with Crippen molar-refractivity contribution in [1.29, 1.82) is 0 Å². The second-order valence-corrected chi connectivity index (χ2v) is 21.6. The largest absolute Gasteiger partial charge is 0.489 e. The fraction of sp³-hybridized carbons (Fsp3) is 0.500. The molecule has 5 aliphatic heterocycles. The number of nitrogens with two attached hydrogens (primary N) is 1. The summed E-state index contributed by atoms with van der Waals surface area (Å²) in [5.41, 5.74) is 11.8. The van der Waals surface area contributed by atoms with Crippen LogP contribution < -0.4 is 30.1 Å². The van der Waals surface area contributed by atoms with E-state index in [0.717, 1.165) is 89.5 Å². The van der Waals surface area contributed by atoms with Crippen molar-refractivity contribution in [3.63, 3.8) is 0 Å². The fourth-order valence-corrected chi connectivity index (χ4v) is 12.5. The highest BCUT2D eigenvalue weighted by molar-refractivity contribution is 7.90. The van der Waals surface area contributed by atoms with Crippen LogP contribution in [0.4, 0.5) is 17.1 Å². The summed E-state index contributed by atoms with van der Waals surface area (Å²) in [6, 6.07) is 18.9. The van der Waals surface area contributed by atoms with Crippen molar-refractivity contribution in [3.05, 3.63) is 90.0 Å². The van der Waals surface area contributed by atoms with Gasteiger partial charge in [0.05, 0.1) is 54.0 Å². The molecule has 0 radical (unpaired) electrons. The fourth-order valence-electron chi connectivity index (χ4n) is 11.5. The van der Waals surface area contributed by atoms with E-state index in [2.05, 4.69) is 82.7 Å². The zero-order chi connectivity index (χ0) is 45.9. The number of nitrogen functional groups attached to an aromatic ring is 1. The van der Waals surface area contributed by atoms with E-state index < -0.39 is 15.9 Å². The number of fused-ring (bicyclic) bond motifs is 2. The van der Waals surface area contributed by atoms with Crippen LogP contribution in [0.2, 0.25) is 0 Å². The number of rotatable bonds is 12. The lowest BCUT2D eigenvalue weighted by Crippen LogP contribution is -2.58. The molecule has 1 aliphatic carbocycles. The number of sulfonamides is 1. The number of piperidine rings is 1. The monoisotopic (exact) mass is 930 g/mol. The van der Waals surface area contributed by atoms with E-state index in [1.54, 1.807) is 24.7 Å². The second-order valence-electron chi connectivity index (χ2n) is 20.0. The molecule has 2 aromatic carbocycles. The molecule has 5 N–H and O–H groups in total. The number of ether oxygens (including phenoxy) is 3. The molecule has 4 saturated heterocycles. The predicted molar refractivity (Wildman–Crippen MR) is 258 cm³/mol. The zero-order valence-corrected chi connectivity index (χ0v) is 39.3. The number of aromatic nitrogens is 3. The number of nitrogens with one attached hydrogen (secondary N) is 3. The molecule has 8 heterocycles. The maximum absolute atomic E-state index is 14.1. The Kier molecular flexibility index (Phi) is 11.8. The molecule has 1 amide bonds. The van der Waals surface area contributed by atoms with Crippen molar-refractivity contribution in [2.75, 3.05) is 88.1 Å². The Morgan fingerprint density at radius 2 is 1.76 bits per heavy atom. The first kappa shape index (κ1) is 44.1. The van der Waals surface area contributed by atoms with Gasteiger partial charge in [-0.15, -0.1) is 0 Å². The predicted octanol–water partition coefficient (Wildman–Crippen LogP) is 6.35. The highest BCUT2D eigenvalue weighted by Gasteiger charge is 2.50. The molecule has 67 heavy (non-hydrogen) atoms. The van der Waals surface area contributed by atoms with E-state index in [-0.39, 0.29) is 28.1 Å². The third-order valence-corrected chi connectivity index (χ3v) is 16.7. The topological polar surface area (TPSA) is 184 Å². The quantitative estimate of drug-likeness (QED) is 0.102. The van der Waals surface area contributed by atoms with E-state index in [4.69, 9.17) is 19.9 Å². The van der Waals surface area contributed by atoms with Crippen molar-refractivity contribution in [2.24, 2.45) is 5.41 Å². The summed E-state index contributed by atoms with van der Waals surface area (Å²) < 4.78 is 48.0. The number of likely N-dealkylation sites (tertiary alicyclic amines) is 1. The molecule has 2 atom stereocenters. The molecule has 5 fully saturated rings. The number of hydrogen-bond donors (Lipinski definition) is 4. The lowest BCUT2D eigenvalue weighted by atomic mass is 9.59. The van der Waals surface area contributed by atoms with E-state index in [1.165, 1.54) is 48.9 Å². The van der Waals surface area contributed by atoms with Crippen LogP contribution in [0.5, 0.6) is 17.2 Å². The van der Waals surface area contributed by atoms with Gasteiger partial charge in [0, 0.05) is 81.6 Å². The third-order valence-electron chi connectivity index (χ3n) is 15.4. The Bertz CT molecular complexity index is 2740. The maximum atomic E-state index is 14.1. The minimum Gasteiger partial charge on any atom is -0.489 e. The van der Waals surface area contributed by atoms with Crippen LogP contribution in [0.25, 0.3) is 11.0 Å². The van der Waals surface area contributed by atoms with Gasteiger partial charge in [0.1, 0.15) is 29.4 Å². The average Bonchev–Trinajstić information content (AvgIpc) is 3.98. The first-order valence-electron chi connectivity index (χ1n) is 24.1. The maximum Gasteiger partial charge on any atom is 0.287 e. The van der Waals surface area contributed by atoms with Gasteiger partial charge in [-0.05, 0) is 85.7 Å². The summed E-state index contributed by atoms with van der Waals surface area (Å²) in [6.45, 7) is 14.1. The van der Waals surface area contributed by atoms with Gasteiger partial charge < -0.3 is 35.1 Å². The molecule has 16 nitrogen and oxygen atoms in total. The van der Waals surface area contributed by atoms with Crippen LogP contribution >= 0.6 is 0 Å². The zero-order valence-electron chi connectivity index (χ0n) is 38.5. The summed E-state index contributed by atoms with van der Waals surface area (Å²) in [5.74, 6) is 0.381. The Morgan fingerprint density at radius 3 is 2.54 bits per heavy atom. The number of piperazine rings is 1. The average molecular weight is 931 g/mol. The summed E-state index contributed by atoms with van der Waals surface area (Å²) in [6.07, 6.45) is 12.0. The van der Waals surface area contributed by atoms with Crippen molar-refractivity contribution in [2.45, 2.75) is 87.4 Å². The molecule has 3 aromatic heterocycles. The number of carbonyl (C=O) groups is 1. The van der Waals surface area contributed by atoms with Crippen LogP contribution in [0, 0.1) is 5.41 Å². The summed E-state index contributed by atoms with van der Waals surface area (Å²) >= 11 is 0. The number of anilines is 3. The molecule has 6 aliphatic rings. The van der Waals surface area contributed by atoms with Gasteiger partial charge in [0.2, 0.25) is 0 Å². The van der Waals surface area contributed by atoms with Gasteiger partial charge >= 0.3 is 0 Å². The van der Waals surface area contributed by atoms with E-state index in [1.807, 2.05) is 12.1 Å². The molecular weight excluding hydrogens is 869 g/mol. The van der Waals surface area contributed by atoms with Crippen LogP contribution in [0.15, 0.2) is 78.1 Å². The minimum absolute atomic E-state index is 0.0285. The van der Waals surface area contributed by atoms with Crippen molar-refractivity contribution in [3.8, 4) is 17.2 Å². The van der Waals surface area contributed by atoms with Crippen molar-refractivity contribution < 1.29 is 27.4 Å². The molecule has 17 heteroatoms. The number of carbonyl (C=O) groups excluding carboxylic acids is 1. The van der Waals surface area contributed by atoms with Gasteiger partial charge in [-0.3, -0.25) is 19.5 Å². The van der Waals surface area contributed by atoms with Crippen molar-refractivity contribution >= 4 is 44.0 Å². The number of aromatic amines is 1. The molecular formula is C50H62N10O6S. The second kappa shape index (κ2) is 17.9. The molecule has 1 spiro atoms. The number of benzene rings is 2. The van der Waals surface area contributed by atoms with E-state index in [0.29, 0.717) is 58.9 Å². The van der Waals surface area contributed by atoms with Gasteiger partial charge in [-0.25, -0.2) is 23.1 Å². The van der Waals surface area contributed by atoms with E-state index >= 15 is 0 Å². The van der Waals surface area contributed by atoms with E-state index in [9.17, 15) is 13.2 Å². The van der Waals surface area contributed by atoms with Gasteiger partial charge in [-0.1, -0.05) is 38.1 Å². The molecule has 11 rings (SSSR count). The Balaban J connectivity index is 0.763. The molecule has 1 saturated carbocycles. The summed E-state index contributed by atoms with van der Waals surface area (Å²) in [4.78, 5) is 36.0. The van der Waals surface area contributed by atoms with Gasteiger partial charge in [0.15, 0.2) is 11.4 Å². The molecule has 5 aromatic rings. The first-order valence-corrected chi connectivity index (χ1v) is 25.6. The normalized spacial score (nSPS) is 22.8. The lowest BCUT2D eigenvalue weighted by Gasteiger charge is -2.56. The molecule has 0 bridgehead atoms. The number of nitrogens with zero attached hydrogens (tertiary/aromatic N) is 6. The standard InChI is InChI=1S/C50H62N10O6S/c1-32(2)40-6-3-4-7-41(40)43-8-5-13-60(43)36-24-50(25-36)10-14-58(15-11-50)35-21-45(66-38-20-33-9-12-52-48(33)54-27-38)47(53-26-35)49(61)56-67(62,63)39-22-42(51)46-44(23-39)65-29-34(55-46)28-57-16-18-59(19-17-57)37-30-64-31-37/h3-4,6-7,9,12,20-23,26-27,32,34,36-37,43,55H,5,8,10-11,13-19,24-25,28-31,51H2,1-2H3,(H,52,54)(H,56,61)/t34-,43-/m0/s1. The first-order chi connectivity index (χ1) is 32.5. The van der Waals surface area contributed by atoms with Crippen LogP contribution in [-0.4, -0.2) is 134 Å². The highest BCUT2D eigenvalue weighted by Crippen LogP contribution is 2.54. The number of hydrogen-bond acceptors (Lipinski definition) is 14. The SMILES string of the molecule is CC(C)c1ccccc1[C@@H]1CCCN1C1CC2(CCN(c3cnc(C(=O)NS(=O)(=O)c4cc(N)c5c(c4)OC[C@H](CN4CCN(C6COC6)CC4)N5)c(Oc4cnc5[nH]ccc5c4)c3)CC2)C1. The Hall–Kier alpha value is -5.46. The van der Waals surface area contributed by atoms with Crippen LogP contribution in [0.3, 0.4) is 0 Å². The number of amides is 1. The molecule has 354 valence electrons. The van der Waals surface area contributed by atoms with Crippen LogP contribution in [0.1, 0.15) is 85.9 Å². The van der Waals surface area contributed by atoms with Gasteiger partial charge in [0.25, 0.3) is 15.9 Å². The smallest absolute Gasteiger partial charge is 0.287 e. The van der Waals surface area contributed by atoms with Crippen molar-refractivity contribution in [1.82, 2.24) is 34.4 Å². The Morgan fingerprint density at radius 1 is 0.955 bits per heavy atom. The summed E-state index contributed by atoms with van der Waals surface area (Å²) in [7, 11) is -4.43. The Labute approximate surface area is 392 Å². The lowest BCUT2D eigenvalue weighted by molar-refractivity contribution is -0.0771. The number of pyridine rings is 2. The van der Waals surface area contributed by atoms with Gasteiger partial charge in [-0.2, -0.15) is 0 Å². The molecule has 0 unspecified atom stereocenters. The summed E-state index contributed by atoms with van der Waals surface area (Å²) in [5, 5.41) is 4.30. The van der Waals surface area contributed by atoms with Crippen LogP contribution in [-0.2, 0) is 14.8 Å². The highest BCUT2D eigenvalue weighted by atomic mass is 32.2.